The Kier molecular flexibility index (Phi) is 12.6. The van der Waals surface area contributed by atoms with Crippen LogP contribution < -0.4 is 21.5 Å². The van der Waals surface area contributed by atoms with E-state index in [1.165, 1.54) is 0 Å². The van der Waals surface area contributed by atoms with Gasteiger partial charge in [0.15, 0.2) is 0 Å². The predicted molar refractivity (Wildman–Crippen MR) is 166 cm³/mol. The number of carbonyl (C=O) groups excluding carboxylic acids is 3. The van der Waals surface area contributed by atoms with Gasteiger partial charge in [-0.25, -0.2) is 4.98 Å². The van der Waals surface area contributed by atoms with Gasteiger partial charge in [0.05, 0.1) is 17.4 Å². The Balaban J connectivity index is 1.43. The number of hydrogen-bond acceptors (Lipinski definition) is 10. The Morgan fingerprint density at radius 2 is 1.88 bits per heavy atom. The van der Waals surface area contributed by atoms with Crippen molar-refractivity contribution in [1.82, 2.24) is 15.3 Å². The average Bonchev–Trinajstić information content (AvgIpc) is 2.94. The SMILES string of the molecule is C#CCN(Cc1ccc2nc(N)[nH]c(=O)c2c1)c1ccc(C(=O)NCCCC(=O)OCCSSCCC(C)=O)cc1. The van der Waals surface area contributed by atoms with E-state index in [0.717, 1.165) is 17.0 Å². The quantitative estimate of drug-likeness (QED) is 0.0972. The third-order valence-corrected chi connectivity index (χ3v) is 8.20. The largest absolute Gasteiger partial charge is 0.465 e. The number of nitrogens with two attached hydrogens (primary N) is 1. The Bertz CT molecular complexity index is 1450. The molecule has 1 aromatic heterocycles. The molecule has 0 unspecified atom stereocenters. The number of carbonyl (C=O) groups is 3. The number of esters is 1. The lowest BCUT2D eigenvalue weighted by Gasteiger charge is -2.23. The second-order valence-corrected chi connectivity index (χ2v) is 11.8. The summed E-state index contributed by atoms with van der Waals surface area (Å²) in [7, 11) is 3.16. The maximum Gasteiger partial charge on any atom is 0.305 e. The number of H-pyrrole nitrogens is 1. The van der Waals surface area contributed by atoms with E-state index in [4.69, 9.17) is 16.9 Å². The summed E-state index contributed by atoms with van der Waals surface area (Å²) in [4.78, 5) is 56.2. The van der Waals surface area contributed by atoms with Crippen LogP contribution in [0, 0.1) is 12.3 Å². The van der Waals surface area contributed by atoms with Crippen LogP contribution in [-0.4, -0.2) is 58.8 Å². The Morgan fingerprint density at radius 3 is 2.61 bits per heavy atom. The molecule has 0 aliphatic rings. The summed E-state index contributed by atoms with van der Waals surface area (Å²) >= 11 is 0. The van der Waals surface area contributed by atoms with Gasteiger partial charge in [-0.3, -0.25) is 24.2 Å². The molecule has 0 saturated heterocycles. The van der Waals surface area contributed by atoms with Gasteiger partial charge in [0.25, 0.3) is 11.5 Å². The number of nitrogens with one attached hydrogen (secondary N) is 2. The number of Topliss-reactive ketones (excluding diaryl/α,β-unsaturated/α-hetero) is 1. The van der Waals surface area contributed by atoms with Crippen LogP contribution in [0.15, 0.2) is 47.3 Å². The molecule has 216 valence electrons. The van der Waals surface area contributed by atoms with E-state index in [1.807, 2.05) is 23.1 Å². The fraction of sp³-hybridized carbons (Fsp3) is 0.345. The second-order valence-electron chi connectivity index (χ2n) is 9.09. The highest BCUT2D eigenvalue weighted by molar-refractivity contribution is 8.76. The normalized spacial score (nSPS) is 10.6. The topological polar surface area (TPSA) is 147 Å². The van der Waals surface area contributed by atoms with Gasteiger partial charge >= 0.3 is 5.97 Å². The molecule has 41 heavy (non-hydrogen) atoms. The van der Waals surface area contributed by atoms with Crippen LogP contribution in [0.1, 0.15) is 42.1 Å². The van der Waals surface area contributed by atoms with Crippen molar-refractivity contribution < 1.29 is 19.1 Å². The first kappa shape index (κ1) is 31.6. The highest BCUT2D eigenvalue weighted by Crippen LogP contribution is 2.22. The summed E-state index contributed by atoms with van der Waals surface area (Å²) in [5.41, 5.74) is 8.00. The van der Waals surface area contributed by atoms with Crippen molar-refractivity contribution in [2.24, 2.45) is 0 Å². The molecule has 4 N–H and O–H groups in total. The van der Waals surface area contributed by atoms with E-state index in [0.29, 0.717) is 61.3 Å². The monoisotopic (exact) mass is 595 g/mol. The van der Waals surface area contributed by atoms with Crippen molar-refractivity contribution in [3.63, 3.8) is 0 Å². The number of terminal acetylenes is 1. The van der Waals surface area contributed by atoms with Crippen LogP contribution in [0.3, 0.4) is 0 Å². The number of benzene rings is 2. The molecule has 2 aromatic carbocycles. The zero-order valence-electron chi connectivity index (χ0n) is 22.8. The molecule has 10 nitrogen and oxygen atoms in total. The fourth-order valence-electron chi connectivity index (χ4n) is 3.80. The lowest BCUT2D eigenvalue weighted by atomic mass is 10.1. The maximum atomic E-state index is 12.6. The van der Waals surface area contributed by atoms with Crippen LogP contribution in [-0.2, 0) is 20.9 Å². The van der Waals surface area contributed by atoms with E-state index >= 15 is 0 Å². The maximum absolute atomic E-state index is 12.6. The van der Waals surface area contributed by atoms with Crippen molar-refractivity contribution in [2.75, 3.05) is 41.8 Å². The third kappa shape index (κ3) is 10.5. The molecule has 0 bridgehead atoms. The van der Waals surface area contributed by atoms with Crippen LogP contribution >= 0.6 is 21.6 Å². The second kappa shape index (κ2) is 16.3. The molecular weight excluding hydrogens is 562 g/mol. The number of aromatic nitrogens is 2. The van der Waals surface area contributed by atoms with Gasteiger partial charge in [0.2, 0.25) is 5.95 Å². The molecule has 3 aromatic rings. The number of ether oxygens (including phenoxy) is 1. The molecule has 12 heteroatoms. The summed E-state index contributed by atoms with van der Waals surface area (Å²) in [6.45, 7) is 3.00. The molecule has 0 fully saturated rings. The molecule has 1 heterocycles. The van der Waals surface area contributed by atoms with Gasteiger partial charge in [-0.15, -0.1) is 6.42 Å². The smallest absolute Gasteiger partial charge is 0.305 e. The molecule has 0 aliphatic heterocycles. The standard InChI is InChI=1S/C29H33N5O5S2/c1-3-14-34(19-21-6-11-25-24(18-21)28(38)33-29(30)32-25)23-9-7-22(8-10-23)27(37)31-13-4-5-26(36)39-15-17-41-40-16-12-20(2)35/h1,6-11,18H,4-5,12-17,19H2,2H3,(H,31,37)(H3,30,32,33,38). The Hall–Kier alpha value is -3.95. The van der Waals surface area contributed by atoms with Crippen LogP contribution in [0.25, 0.3) is 10.9 Å². The zero-order chi connectivity index (χ0) is 29.6. The van der Waals surface area contributed by atoms with Crippen LogP contribution in [0.4, 0.5) is 11.6 Å². The average molecular weight is 596 g/mol. The minimum Gasteiger partial charge on any atom is -0.465 e. The van der Waals surface area contributed by atoms with Crippen molar-refractivity contribution in [1.29, 1.82) is 0 Å². The number of rotatable bonds is 16. The lowest BCUT2D eigenvalue weighted by Crippen LogP contribution is -2.26. The first-order valence-electron chi connectivity index (χ1n) is 13.0. The van der Waals surface area contributed by atoms with Gasteiger partial charge in [-0.05, 0) is 55.3 Å². The van der Waals surface area contributed by atoms with Gasteiger partial charge in [-0.2, -0.15) is 0 Å². The van der Waals surface area contributed by atoms with Crippen molar-refractivity contribution in [3.8, 4) is 12.3 Å². The summed E-state index contributed by atoms with van der Waals surface area (Å²) < 4.78 is 5.19. The molecular formula is C29H33N5O5S2. The fourth-order valence-corrected chi connectivity index (χ4v) is 5.72. The van der Waals surface area contributed by atoms with Crippen LogP contribution in [0.2, 0.25) is 0 Å². The minimum atomic E-state index is -0.308. The number of anilines is 2. The number of ketones is 1. The summed E-state index contributed by atoms with van der Waals surface area (Å²) in [5.74, 6) is 3.75. The molecule has 3 rings (SSSR count). The highest BCUT2D eigenvalue weighted by Gasteiger charge is 2.12. The minimum absolute atomic E-state index is 0.0649. The highest BCUT2D eigenvalue weighted by atomic mass is 33.1. The number of nitrogen functional groups attached to an aromatic ring is 1. The van der Waals surface area contributed by atoms with Crippen LogP contribution in [0.5, 0.6) is 0 Å². The number of hydrogen-bond donors (Lipinski definition) is 3. The molecule has 0 atom stereocenters. The molecule has 0 saturated carbocycles. The Labute approximate surface area is 246 Å². The van der Waals surface area contributed by atoms with E-state index in [-0.39, 0.29) is 35.6 Å². The number of fused-ring (bicyclic) bond motifs is 1. The summed E-state index contributed by atoms with van der Waals surface area (Å²) in [6, 6.07) is 12.4. The van der Waals surface area contributed by atoms with E-state index in [9.17, 15) is 19.2 Å². The third-order valence-electron chi connectivity index (χ3n) is 5.83. The molecule has 0 aliphatic carbocycles. The predicted octanol–water partition coefficient (Wildman–Crippen LogP) is 3.56. The number of nitrogens with zero attached hydrogens (tertiary/aromatic N) is 2. The zero-order valence-corrected chi connectivity index (χ0v) is 24.4. The molecule has 0 radical (unpaired) electrons. The van der Waals surface area contributed by atoms with E-state index in [2.05, 4.69) is 21.2 Å². The number of aromatic amines is 1. The van der Waals surface area contributed by atoms with Crippen molar-refractivity contribution in [2.45, 2.75) is 32.7 Å². The Morgan fingerprint density at radius 1 is 1.12 bits per heavy atom. The first-order valence-corrected chi connectivity index (χ1v) is 15.5. The van der Waals surface area contributed by atoms with E-state index < -0.39 is 0 Å². The van der Waals surface area contributed by atoms with Gasteiger partial charge in [0.1, 0.15) is 12.4 Å². The van der Waals surface area contributed by atoms with Crippen molar-refractivity contribution in [3.05, 3.63) is 63.9 Å². The summed E-state index contributed by atoms with van der Waals surface area (Å²) in [5, 5.41) is 3.26. The van der Waals surface area contributed by atoms with Gasteiger partial charge in [0, 0.05) is 48.7 Å². The molecule has 1 amide bonds. The first-order chi connectivity index (χ1) is 19.8. The summed E-state index contributed by atoms with van der Waals surface area (Å²) in [6.07, 6.45) is 6.83. The van der Waals surface area contributed by atoms with Crippen molar-refractivity contribution >= 4 is 61.8 Å². The van der Waals surface area contributed by atoms with Gasteiger partial charge in [-0.1, -0.05) is 33.6 Å². The van der Waals surface area contributed by atoms with E-state index in [1.54, 1.807) is 52.8 Å². The molecule has 0 spiro atoms. The number of amides is 1. The lowest BCUT2D eigenvalue weighted by molar-refractivity contribution is -0.143. The van der Waals surface area contributed by atoms with Gasteiger partial charge < -0.3 is 20.7 Å².